The molecule has 0 aromatic heterocycles. The average molecular weight is 380 g/mol. The Balaban J connectivity index is 1.94. The Hall–Kier alpha value is -3.72. The summed E-state index contributed by atoms with van der Waals surface area (Å²) in [5.74, 6) is 1.25. The van der Waals surface area contributed by atoms with E-state index in [2.05, 4.69) is 36.4 Å². The van der Waals surface area contributed by atoms with Gasteiger partial charge in [0.25, 0.3) is 0 Å². The molecule has 0 saturated heterocycles. The molecule has 1 aliphatic rings. The van der Waals surface area contributed by atoms with E-state index in [4.69, 9.17) is 4.74 Å². The molecule has 0 bridgehead atoms. The SMILES string of the molecule is COc1ccc2c(c1)C(c1ccc(O)cc1)(c1ccc(O)cc1)c1ccccc1-2. The maximum absolute atomic E-state index is 9.91. The van der Waals surface area contributed by atoms with E-state index in [1.54, 1.807) is 31.4 Å². The van der Waals surface area contributed by atoms with Crippen molar-refractivity contribution in [2.24, 2.45) is 0 Å². The lowest BCUT2D eigenvalue weighted by Gasteiger charge is -2.34. The quantitative estimate of drug-likeness (QED) is 0.436. The number of hydrogen-bond donors (Lipinski definition) is 2. The second-order valence-corrected chi connectivity index (χ2v) is 7.30. The highest BCUT2D eigenvalue weighted by molar-refractivity contribution is 5.86. The summed E-state index contributed by atoms with van der Waals surface area (Å²) in [6.07, 6.45) is 0. The van der Waals surface area contributed by atoms with Crippen LogP contribution in [0.15, 0.2) is 91.0 Å². The number of ether oxygens (including phenoxy) is 1. The number of phenols is 2. The van der Waals surface area contributed by atoms with Crippen molar-refractivity contribution in [1.82, 2.24) is 0 Å². The summed E-state index contributed by atoms with van der Waals surface area (Å²) in [6.45, 7) is 0. The predicted molar refractivity (Wildman–Crippen MR) is 114 cm³/mol. The van der Waals surface area contributed by atoms with E-state index in [9.17, 15) is 10.2 Å². The Bertz CT molecular complexity index is 1150. The van der Waals surface area contributed by atoms with Crippen molar-refractivity contribution in [3.8, 4) is 28.4 Å². The monoisotopic (exact) mass is 380 g/mol. The first-order chi connectivity index (χ1) is 14.1. The van der Waals surface area contributed by atoms with Crippen molar-refractivity contribution in [2.45, 2.75) is 5.41 Å². The average Bonchev–Trinajstić information content (AvgIpc) is 3.05. The van der Waals surface area contributed by atoms with Gasteiger partial charge in [-0.25, -0.2) is 0 Å². The molecule has 0 amide bonds. The zero-order chi connectivity index (χ0) is 20.0. The lowest BCUT2D eigenvalue weighted by atomic mass is 9.67. The standard InChI is InChI=1S/C26H20O3/c1-29-21-14-15-23-22-4-2-3-5-24(22)26(25(23)16-21,17-6-10-19(27)11-7-17)18-8-12-20(28)13-9-18/h2-16,27-28H,1H3. The summed E-state index contributed by atoms with van der Waals surface area (Å²) in [5, 5.41) is 19.8. The normalized spacial score (nSPS) is 13.6. The van der Waals surface area contributed by atoms with Gasteiger partial charge in [-0.2, -0.15) is 0 Å². The third kappa shape index (κ3) is 2.44. The van der Waals surface area contributed by atoms with Crippen molar-refractivity contribution in [2.75, 3.05) is 7.11 Å². The highest BCUT2D eigenvalue weighted by Crippen LogP contribution is 2.56. The van der Waals surface area contributed by atoms with Crippen LogP contribution >= 0.6 is 0 Å². The lowest BCUT2D eigenvalue weighted by molar-refractivity contribution is 0.414. The Morgan fingerprint density at radius 2 is 1.17 bits per heavy atom. The van der Waals surface area contributed by atoms with Gasteiger partial charge in [-0.15, -0.1) is 0 Å². The fourth-order valence-electron chi connectivity index (χ4n) is 4.60. The molecule has 3 heteroatoms. The molecule has 142 valence electrons. The third-order valence-electron chi connectivity index (χ3n) is 5.85. The molecule has 0 spiro atoms. The molecular weight excluding hydrogens is 360 g/mol. The van der Waals surface area contributed by atoms with Crippen LogP contribution in [0.5, 0.6) is 17.2 Å². The summed E-state index contributed by atoms with van der Waals surface area (Å²) < 4.78 is 5.56. The van der Waals surface area contributed by atoms with Crippen molar-refractivity contribution in [3.63, 3.8) is 0 Å². The van der Waals surface area contributed by atoms with Gasteiger partial charge in [0, 0.05) is 0 Å². The van der Waals surface area contributed by atoms with Gasteiger partial charge in [-0.1, -0.05) is 54.6 Å². The van der Waals surface area contributed by atoms with Gasteiger partial charge >= 0.3 is 0 Å². The van der Waals surface area contributed by atoms with E-state index >= 15 is 0 Å². The van der Waals surface area contributed by atoms with Crippen LogP contribution in [0, 0.1) is 0 Å². The number of rotatable bonds is 3. The van der Waals surface area contributed by atoms with Crippen LogP contribution < -0.4 is 4.74 Å². The number of hydrogen-bond acceptors (Lipinski definition) is 3. The summed E-state index contributed by atoms with van der Waals surface area (Å²) in [7, 11) is 1.67. The molecule has 0 atom stereocenters. The van der Waals surface area contributed by atoms with Crippen molar-refractivity contribution >= 4 is 0 Å². The smallest absolute Gasteiger partial charge is 0.119 e. The van der Waals surface area contributed by atoms with Crippen LogP contribution in [0.3, 0.4) is 0 Å². The van der Waals surface area contributed by atoms with E-state index < -0.39 is 5.41 Å². The number of methoxy groups -OCH3 is 1. The molecule has 0 saturated carbocycles. The van der Waals surface area contributed by atoms with Crippen molar-refractivity contribution < 1.29 is 14.9 Å². The van der Waals surface area contributed by atoms with Crippen LogP contribution in [0.1, 0.15) is 22.3 Å². The van der Waals surface area contributed by atoms with Crippen LogP contribution in [-0.4, -0.2) is 17.3 Å². The number of aromatic hydroxyl groups is 2. The molecule has 3 nitrogen and oxygen atoms in total. The van der Waals surface area contributed by atoms with Crippen molar-refractivity contribution in [3.05, 3.63) is 113 Å². The summed E-state index contributed by atoms with van der Waals surface area (Å²) >= 11 is 0. The predicted octanol–water partition coefficient (Wildman–Crippen LogP) is 5.47. The first kappa shape index (κ1) is 17.4. The van der Waals surface area contributed by atoms with Crippen molar-refractivity contribution in [1.29, 1.82) is 0 Å². The molecular formula is C26H20O3. The van der Waals surface area contributed by atoms with E-state index in [0.29, 0.717) is 0 Å². The maximum atomic E-state index is 9.91. The van der Waals surface area contributed by atoms with Gasteiger partial charge in [-0.05, 0) is 69.8 Å². The molecule has 0 aliphatic heterocycles. The highest BCUT2D eigenvalue weighted by Gasteiger charge is 2.46. The largest absolute Gasteiger partial charge is 0.508 e. The first-order valence-corrected chi connectivity index (χ1v) is 9.52. The molecule has 4 aromatic rings. The number of benzene rings is 4. The summed E-state index contributed by atoms with van der Waals surface area (Å²) in [4.78, 5) is 0. The van der Waals surface area contributed by atoms with Gasteiger partial charge in [-0.3, -0.25) is 0 Å². The second-order valence-electron chi connectivity index (χ2n) is 7.30. The zero-order valence-corrected chi connectivity index (χ0v) is 16.0. The molecule has 0 radical (unpaired) electrons. The van der Waals surface area contributed by atoms with Gasteiger partial charge in [0.05, 0.1) is 12.5 Å². The third-order valence-corrected chi connectivity index (χ3v) is 5.85. The van der Waals surface area contributed by atoms with Gasteiger partial charge < -0.3 is 14.9 Å². The van der Waals surface area contributed by atoms with E-state index in [-0.39, 0.29) is 11.5 Å². The van der Waals surface area contributed by atoms with E-state index in [1.807, 2.05) is 30.3 Å². The number of phenolic OH excluding ortho intramolecular Hbond substituents is 2. The topological polar surface area (TPSA) is 49.7 Å². The first-order valence-electron chi connectivity index (χ1n) is 9.52. The zero-order valence-electron chi connectivity index (χ0n) is 16.0. The van der Waals surface area contributed by atoms with Gasteiger partial charge in [0.1, 0.15) is 17.2 Å². The van der Waals surface area contributed by atoms with E-state index in [1.165, 1.54) is 11.1 Å². The van der Waals surface area contributed by atoms with Crippen LogP contribution in [0.25, 0.3) is 11.1 Å². The van der Waals surface area contributed by atoms with Crippen LogP contribution in [0.2, 0.25) is 0 Å². The molecule has 5 rings (SSSR count). The van der Waals surface area contributed by atoms with Crippen LogP contribution in [-0.2, 0) is 5.41 Å². The molecule has 29 heavy (non-hydrogen) atoms. The Kier molecular flexibility index (Phi) is 3.85. The fraction of sp³-hybridized carbons (Fsp3) is 0.0769. The molecule has 0 heterocycles. The minimum absolute atomic E-state index is 0.228. The molecule has 4 aromatic carbocycles. The van der Waals surface area contributed by atoms with Gasteiger partial charge in [0.2, 0.25) is 0 Å². The highest BCUT2D eigenvalue weighted by atomic mass is 16.5. The molecule has 2 N–H and O–H groups in total. The molecule has 0 unspecified atom stereocenters. The second kappa shape index (κ2) is 6.42. The Morgan fingerprint density at radius 3 is 1.76 bits per heavy atom. The Morgan fingerprint density at radius 1 is 0.621 bits per heavy atom. The maximum Gasteiger partial charge on any atom is 0.119 e. The minimum atomic E-state index is -0.581. The lowest BCUT2D eigenvalue weighted by Crippen LogP contribution is -2.28. The minimum Gasteiger partial charge on any atom is -0.508 e. The summed E-state index contributed by atoms with van der Waals surface area (Å²) in [6, 6.07) is 29.3. The molecule has 0 fully saturated rings. The van der Waals surface area contributed by atoms with E-state index in [0.717, 1.165) is 28.0 Å². The summed E-state index contributed by atoms with van der Waals surface area (Å²) in [5.41, 5.74) is 6.12. The Labute approximate surface area is 169 Å². The molecule has 1 aliphatic carbocycles. The fourth-order valence-corrected chi connectivity index (χ4v) is 4.60. The van der Waals surface area contributed by atoms with Crippen LogP contribution in [0.4, 0.5) is 0 Å². The number of fused-ring (bicyclic) bond motifs is 3. The van der Waals surface area contributed by atoms with Gasteiger partial charge in [0.15, 0.2) is 0 Å².